The number of carbonyl (C=O) groups excluding carboxylic acids is 2. The molecule has 3 rings (SSSR count). The molecule has 0 heterocycles. The summed E-state index contributed by atoms with van der Waals surface area (Å²) in [6.07, 6.45) is 0. The van der Waals surface area contributed by atoms with Crippen molar-refractivity contribution >= 4 is 122 Å². The van der Waals surface area contributed by atoms with E-state index in [1.807, 2.05) is 0 Å². The molecule has 0 N–H and O–H groups in total. The molecule has 3 aromatic rings. The molecule has 3 aromatic carbocycles. The average molecular weight is 860 g/mol. The molecule has 0 spiro atoms. The monoisotopic (exact) mass is 854 g/mol. The van der Waals surface area contributed by atoms with Gasteiger partial charge in [-0.05, 0) is 88.0 Å². The predicted octanol–water partition coefficient (Wildman–Crippen LogP) is 10.1. The van der Waals surface area contributed by atoms with Gasteiger partial charge in [-0.2, -0.15) is 0 Å². The Morgan fingerprint density at radius 2 is 0.921 bits per heavy atom. The van der Waals surface area contributed by atoms with Crippen LogP contribution in [0.5, 0.6) is 11.5 Å². The lowest BCUT2D eigenvalue weighted by molar-refractivity contribution is 0.0592. The minimum Gasteiger partial charge on any atom is -0.486 e. The molecule has 14 heteroatoms. The van der Waals surface area contributed by atoms with E-state index in [1.165, 1.54) is 38.5 Å². The number of hydrogen-bond donors (Lipinski definition) is 0. The highest BCUT2D eigenvalue weighted by Gasteiger charge is 2.23. The molecule has 202 valence electrons. The summed E-state index contributed by atoms with van der Waals surface area (Å²) < 4.78 is 24.0. The number of rotatable bonds is 8. The number of hydrogen-bond acceptors (Lipinski definition) is 6. The summed E-state index contributed by atoms with van der Waals surface area (Å²) in [6, 6.07) is 5.64. The molecule has 0 radical (unpaired) electrons. The largest absolute Gasteiger partial charge is 0.486 e. The highest BCUT2D eigenvalue weighted by atomic mass is 79.9. The lowest BCUT2D eigenvalue weighted by Gasteiger charge is -2.19. The van der Waals surface area contributed by atoms with Crippen molar-refractivity contribution < 1.29 is 28.5 Å². The Morgan fingerprint density at radius 3 is 1.21 bits per heavy atom. The van der Waals surface area contributed by atoms with Gasteiger partial charge < -0.3 is 18.9 Å². The third-order valence-electron chi connectivity index (χ3n) is 5.01. The van der Waals surface area contributed by atoms with Gasteiger partial charge in [0.15, 0.2) is 11.5 Å². The molecule has 0 aliphatic heterocycles. The maximum Gasteiger partial charge on any atom is 0.337 e. The SMILES string of the molecule is COC(=O)c1cc(Cl)c(OCc2c(Br)c(Br)c(Br)c(COc3c(Cl)cc(C(=O)OC)cc3Cl)c2Br)c(Cl)c1. The van der Waals surface area contributed by atoms with Crippen LogP contribution in [-0.4, -0.2) is 26.2 Å². The van der Waals surface area contributed by atoms with Gasteiger partial charge in [-0.25, -0.2) is 9.59 Å². The van der Waals surface area contributed by atoms with Crippen LogP contribution in [0.2, 0.25) is 20.1 Å². The van der Waals surface area contributed by atoms with Crippen molar-refractivity contribution in [2.24, 2.45) is 0 Å². The normalized spacial score (nSPS) is 10.8. The van der Waals surface area contributed by atoms with Crippen LogP contribution in [0, 0.1) is 0 Å². The number of halogens is 8. The first-order chi connectivity index (χ1) is 17.9. The lowest BCUT2D eigenvalue weighted by atomic mass is 10.1. The van der Waals surface area contributed by atoms with Crippen LogP contribution in [0.25, 0.3) is 0 Å². The Hall–Kier alpha value is -0.720. The fourth-order valence-electron chi connectivity index (χ4n) is 3.15. The van der Waals surface area contributed by atoms with E-state index in [4.69, 9.17) is 65.4 Å². The van der Waals surface area contributed by atoms with Gasteiger partial charge in [-0.15, -0.1) is 0 Å². The number of benzene rings is 3. The maximum absolute atomic E-state index is 11.8. The van der Waals surface area contributed by atoms with Crippen LogP contribution in [0.15, 0.2) is 42.2 Å². The Morgan fingerprint density at radius 1 is 0.605 bits per heavy atom. The van der Waals surface area contributed by atoms with Gasteiger partial charge in [-0.1, -0.05) is 46.4 Å². The van der Waals surface area contributed by atoms with Crippen molar-refractivity contribution in [3.05, 3.63) is 84.5 Å². The molecule has 0 saturated heterocycles. The van der Waals surface area contributed by atoms with E-state index in [-0.39, 0.29) is 55.9 Å². The second-order valence-electron chi connectivity index (χ2n) is 7.31. The Bertz CT molecular complexity index is 1280. The van der Waals surface area contributed by atoms with Gasteiger partial charge in [0, 0.05) is 29.0 Å². The molecule has 0 aliphatic carbocycles. The van der Waals surface area contributed by atoms with Crippen LogP contribution in [-0.2, 0) is 22.7 Å². The fourth-order valence-corrected chi connectivity index (χ4v) is 7.26. The van der Waals surface area contributed by atoms with Crippen LogP contribution in [0.3, 0.4) is 0 Å². The molecule has 0 atom stereocenters. The zero-order valence-corrected chi connectivity index (χ0v) is 28.6. The van der Waals surface area contributed by atoms with E-state index in [0.717, 1.165) is 0 Å². The lowest BCUT2D eigenvalue weighted by Crippen LogP contribution is -2.07. The van der Waals surface area contributed by atoms with E-state index in [0.29, 0.717) is 29.0 Å². The molecule has 0 unspecified atom stereocenters. The van der Waals surface area contributed by atoms with Crippen molar-refractivity contribution in [2.45, 2.75) is 13.2 Å². The van der Waals surface area contributed by atoms with Gasteiger partial charge in [0.2, 0.25) is 0 Å². The minimum atomic E-state index is -0.576. The summed E-state index contributed by atoms with van der Waals surface area (Å²) in [6.45, 7) is 0.0682. The minimum absolute atomic E-state index is 0.0341. The first kappa shape index (κ1) is 31.8. The van der Waals surface area contributed by atoms with Crippen LogP contribution >= 0.6 is 110 Å². The molecule has 0 aromatic heterocycles. The quantitative estimate of drug-likeness (QED) is 0.128. The van der Waals surface area contributed by atoms with Crippen LogP contribution < -0.4 is 9.47 Å². The summed E-state index contributed by atoms with van der Waals surface area (Å²) in [7, 11) is 2.52. The first-order valence-electron chi connectivity index (χ1n) is 10.1. The van der Waals surface area contributed by atoms with E-state index < -0.39 is 11.9 Å². The van der Waals surface area contributed by atoms with Gasteiger partial charge in [0.25, 0.3) is 0 Å². The molecule has 0 saturated carbocycles. The number of esters is 2. The summed E-state index contributed by atoms with van der Waals surface area (Å²) in [5.74, 6) is -0.762. The Labute approximate surface area is 271 Å². The zero-order chi connectivity index (χ0) is 28.3. The molecular weight excluding hydrogens is 846 g/mol. The molecular formula is C24H14Br4Cl4O6. The molecule has 0 bridgehead atoms. The maximum atomic E-state index is 11.8. The third kappa shape index (κ3) is 6.94. The molecule has 0 aliphatic rings. The van der Waals surface area contributed by atoms with Gasteiger partial charge in [-0.3, -0.25) is 0 Å². The Kier molecular flexibility index (Phi) is 11.5. The Balaban J connectivity index is 1.91. The third-order valence-corrected chi connectivity index (χ3v) is 10.7. The van der Waals surface area contributed by atoms with Crippen molar-refractivity contribution in [3.8, 4) is 11.5 Å². The predicted molar refractivity (Wildman–Crippen MR) is 162 cm³/mol. The number of carbonyl (C=O) groups is 2. The van der Waals surface area contributed by atoms with Crippen LogP contribution in [0.4, 0.5) is 0 Å². The van der Waals surface area contributed by atoms with E-state index in [2.05, 4.69) is 63.7 Å². The van der Waals surface area contributed by atoms with Gasteiger partial charge >= 0.3 is 11.9 Å². The van der Waals surface area contributed by atoms with E-state index in [1.54, 1.807) is 0 Å². The molecule has 6 nitrogen and oxygen atoms in total. The van der Waals surface area contributed by atoms with Crippen LogP contribution in [0.1, 0.15) is 31.8 Å². The van der Waals surface area contributed by atoms with E-state index in [9.17, 15) is 9.59 Å². The van der Waals surface area contributed by atoms with Gasteiger partial charge in [0.05, 0.1) is 45.4 Å². The molecule has 0 fully saturated rings. The second-order valence-corrected chi connectivity index (χ2v) is 12.1. The highest BCUT2D eigenvalue weighted by Crippen LogP contribution is 2.44. The summed E-state index contributed by atoms with van der Waals surface area (Å²) >= 11 is 39.6. The number of methoxy groups -OCH3 is 2. The fraction of sp³-hybridized carbons (Fsp3) is 0.167. The van der Waals surface area contributed by atoms with Crippen molar-refractivity contribution in [3.63, 3.8) is 0 Å². The van der Waals surface area contributed by atoms with Gasteiger partial charge in [0.1, 0.15) is 13.2 Å². The zero-order valence-electron chi connectivity index (χ0n) is 19.2. The smallest absolute Gasteiger partial charge is 0.337 e. The molecule has 38 heavy (non-hydrogen) atoms. The second kappa shape index (κ2) is 13.8. The summed E-state index contributed by atoms with van der Waals surface area (Å²) in [5, 5.41) is 0.572. The van der Waals surface area contributed by atoms with Crippen molar-refractivity contribution in [1.29, 1.82) is 0 Å². The standard InChI is InChI=1S/C24H14Br4Cl4O6/c1-35-23(33)9-3-13(29)21(14(30)4-9)37-7-11-17(25)12(19(27)20(28)18(11)26)8-38-22-15(31)5-10(6-16(22)32)24(34)36-2/h3-6H,7-8H2,1-2H3. The summed E-state index contributed by atoms with van der Waals surface area (Å²) in [5.41, 5.74) is 1.78. The van der Waals surface area contributed by atoms with Crippen molar-refractivity contribution in [1.82, 2.24) is 0 Å². The van der Waals surface area contributed by atoms with Crippen molar-refractivity contribution in [2.75, 3.05) is 14.2 Å². The molecule has 0 amide bonds. The topological polar surface area (TPSA) is 71.1 Å². The average Bonchev–Trinajstić information content (AvgIpc) is 2.88. The first-order valence-corrected chi connectivity index (χ1v) is 14.8. The number of ether oxygens (including phenoxy) is 4. The van der Waals surface area contributed by atoms with E-state index >= 15 is 0 Å². The summed E-state index contributed by atoms with van der Waals surface area (Å²) in [4.78, 5) is 23.6. The highest BCUT2D eigenvalue weighted by molar-refractivity contribution is 9.14.